The molecular weight excluding hydrogens is 278 g/mol. The van der Waals surface area contributed by atoms with E-state index >= 15 is 0 Å². The molecule has 6 nitrogen and oxygen atoms in total. The summed E-state index contributed by atoms with van der Waals surface area (Å²) in [5.74, 6) is 0. The first-order chi connectivity index (χ1) is 9.51. The second kappa shape index (κ2) is 5.87. The lowest BCUT2D eigenvalue weighted by Gasteiger charge is -2.06. The first-order valence-electron chi connectivity index (χ1n) is 5.88. The highest BCUT2D eigenvalue weighted by Gasteiger charge is 2.10. The molecule has 0 aliphatic heterocycles. The van der Waals surface area contributed by atoms with Gasteiger partial charge in [-0.15, -0.1) is 0 Å². The molecule has 1 aromatic heterocycles. The van der Waals surface area contributed by atoms with Crippen molar-refractivity contribution in [2.45, 2.75) is 18.5 Å². The number of H-pyrrole nitrogens is 1. The smallest absolute Gasteiger partial charge is 0.269 e. The van der Waals surface area contributed by atoms with Crippen LogP contribution in [0.3, 0.4) is 0 Å². The monoisotopic (exact) mass is 291 g/mol. The minimum atomic E-state index is -0.448. The number of nitro groups is 1. The molecule has 104 valence electrons. The molecule has 7 heteroatoms. The number of non-ortho nitro benzene ring substituents is 1. The number of nitro benzene ring substituents is 1. The van der Waals surface area contributed by atoms with E-state index < -0.39 is 4.92 Å². The summed E-state index contributed by atoms with van der Waals surface area (Å²) in [4.78, 5) is 29.1. The fourth-order valence-electron chi connectivity index (χ4n) is 1.83. The van der Waals surface area contributed by atoms with E-state index in [0.717, 1.165) is 5.56 Å². The predicted octanol–water partition coefficient (Wildman–Crippen LogP) is 2.30. The van der Waals surface area contributed by atoms with Gasteiger partial charge in [0.05, 0.1) is 4.92 Å². The van der Waals surface area contributed by atoms with Gasteiger partial charge in [0, 0.05) is 29.8 Å². The van der Waals surface area contributed by atoms with Gasteiger partial charge in [-0.1, -0.05) is 23.9 Å². The lowest BCUT2D eigenvalue weighted by molar-refractivity contribution is -0.384. The van der Waals surface area contributed by atoms with Crippen LogP contribution in [0.1, 0.15) is 16.8 Å². The van der Waals surface area contributed by atoms with Gasteiger partial charge >= 0.3 is 0 Å². The van der Waals surface area contributed by atoms with E-state index in [1.54, 1.807) is 19.1 Å². The molecule has 2 rings (SSSR count). The zero-order valence-corrected chi connectivity index (χ0v) is 11.9. The van der Waals surface area contributed by atoms with Gasteiger partial charge in [0.1, 0.15) is 0 Å². The molecule has 0 aliphatic carbocycles. The number of thioether (sulfide) groups is 1. The largest absolute Gasteiger partial charge is 0.301 e. The van der Waals surface area contributed by atoms with E-state index in [4.69, 9.17) is 0 Å². The molecule has 0 unspecified atom stereocenters. The molecule has 0 bridgehead atoms. The number of rotatable bonds is 4. The molecule has 2 aromatic rings. The van der Waals surface area contributed by atoms with E-state index in [1.165, 1.54) is 23.9 Å². The van der Waals surface area contributed by atoms with Crippen LogP contribution >= 0.6 is 11.8 Å². The molecular formula is C13H13N3O3S. The Morgan fingerprint density at radius 1 is 1.35 bits per heavy atom. The summed E-state index contributed by atoms with van der Waals surface area (Å²) in [5, 5.41) is 11.2. The Kier molecular flexibility index (Phi) is 4.19. The molecule has 0 amide bonds. The van der Waals surface area contributed by atoms with Gasteiger partial charge in [-0.05, 0) is 18.7 Å². The Morgan fingerprint density at radius 2 is 2.00 bits per heavy atom. The van der Waals surface area contributed by atoms with Crippen LogP contribution in [0.5, 0.6) is 0 Å². The van der Waals surface area contributed by atoms with Crippen LogP contribution in [0.15, 0.2) is 34.2 Å². The summed E-state index contributed by atoms with van der Waals surface area (Å²) in [5.41, 5.74) is 1.96. The molecule has 0 radical (unpaired) electrons. The van der Waals surface area contributed by atoms with Crippen LogP contribution in [-0.2, 0) is 6.42 Å². The van der Waals surface area contributed by atoms with Crippen molar-refractivity contribution in [2.75, 3.05) is 6.26 Å². The normalized spacial score (nSPS) is 10.5. The number of aromatic amines is 1. The second-order valence-electron chi connectivity index (χ2n) is 4.24. The average Bonchev–Trinajstić information content (AvgIpc) is 2.43. The fourth-order valence-corrected chi connectivity index (χ4v) is 2.25. The first-order valence-corrected chi connectivity index (χ1v) is 7.11. The summed E-state index contributed by atoms with van der Waals surface area (Å²) < 4.78 is 0. The van der Waals surface area contributed by atoms with Crippen LogP contribution in [0, 0.1) is 17.0 Å². The van der Waals surface area contributed by atoms with E-state index in [1.807, 2.05) is 6.26 Å². The van der Waals surface area contributed by atoms with Crippen LogP contribution in [-0.4, -0.2) is 21.1 Å². The fraction of sp³-hybridized carbons (Fsp3) is 0.231. The zero-order chi connectivity index (χ0) is 14.7. The summed E-state index contributed by atoms with van der Waals surface area (Å²) in [6, 6.07) is 6.17. The van der Waals surface area contributed by atoms with E-state index in [2.05, 4.69) is 9.97 Å². The van der Waals surface area contributed by atoms with Crippen molar-refractivity contribution in [3.8, 4) is 0 Å². The lowest BCUT2D eigenvalue weighted by Crippen LogP contribution is -2.17. The van der Waals surface area contributed by atoms with Crippen molar-refractivity contribution in [3.05, 3.63) is 61.6 Å². The molecule has 1 aromatic carbocycles. The van der Waals surface area contributed by atoms with Crippen LogP contribution in [0.4, 0.5) is 5.69 Å². The number of benzene rings is 1. The van der Waals surface area contributed by atoms with Gasteiger partial charge in [0.25, 0.3) is 11.2 Å². The third-order valence-corrected chi connectivity index (χ3v) is 3.50. The number of hydrogen-bond acceptors (Lipinski definition) is 5. The minimum Gasteiger partial charge on any atom is -0.301 e. The van der Waals surface area contributed by atoms with Gasteiger partial charge in [-0.2, -0.15) is 0 Å². The molecule has 1 N–H and O–H groups in total. The highest BCUT2D eigenvalue weighted by atomic mass is 32.2. The van der Waals surface area contributed by atoms with Crippen molar-refractivity contribution in [1.82, 2.24) is 9.97 Å². The zero-order valence-electron chi connectivity index (χ0n) is 11.0. The quantitative estimate of drug-likeness (QED) is 0.404. The third kappa shape index (κ3) is 3.05. The van der Waals surface area contributed by atoms with Gasteiger partial charge < -0.3 is 4.98 Å². The average molecular weight is 291 g/mol. The summed E-state index contributed by atoms with van der Waals surface area (Å²) in [6.45, 7) is 1.79. The number of hydrogen-bond donors (Lipinski definition) is 1. The third-order valence-electron chi connectivity index (χ3n) is 2.92. The van der Waals surface area contributed by atoms with Gasteiger partial charge in [-0.3, -0.25) is 14.9 Å². The summed E-state index contributed by atoms with van der Waals surface area (Å²) in [6.07, 6.45) is 2.24. The van der Waals surface area contributed by atoms with Crippen molar-refractivity contribution in [3.63, 3.8) is 0 Å². The maximum absolute atomic E-state index is 12.0. The van der Waals surface area contributed by atoms with Gasteiger partial charge in [-0.25, -0.2) is 4.98 Å². The van der Waals surface area contributed by atoms with Crippen molar-refractivity contribution in [2.24, 2.45) is 0 Å². The van der Waals surface area contributed by atoms with Crippen LogP contribution < -0.4 is 5.56 Å². The molecule has 0 fully saturated rings. The van der Waals surface area contributed by atoms with Gasteiger partial charge in [0.15, 0.2) is 5.16 Å². The highest BCUT2D eigenvalue weighted by molar-refractivity contribution is 7.98. The Morgan fingerprint density at radius 3 is 2.50 bits per heavy atom. The van der Waals surface area contributed by atoms with Crippen LogP contribution in [0.2, 0.25) is 0 Å². The maximum atomic E-state index is 12.0. The SMILES string of the molecule is CSc1nc(C)c(Cc2ccc([N+](=O)[O-])cc2)c(=O)[nH]1. The van der Waals surface area contributed by atoms with E-state index in [0.29, 0.717) is 22.8 Å². The topological polar surface area (TPSA) is 88.9 Å². The number of nitrogens with one attached hydrogen (secondary N) is 1. The molecule has 0 spiro atoms. The Labute approximate surface area is 119 Å². The van der Waals surface area contributed by atoms with Crippen LogP contribution in [0.25, 0.3) is 0 Å². The van der Waals surface area contributed by atoms with Crippen molar-refractivity contribution >= 4 is 17.4 Å². The standard InChI is InChI=1S/C13H13N3O3S/c1-8-11(12(17)15-13(14-8)20-2)7-9-3-5-10(6-4-9)16(18)19/h3-6H,7H2,1-2H3,(H,14,15,17). The molecule has 0 atom stereocenters. The van der Waals surface area contributed by atoms with E-state index in [-0.39, 0.29) is 11.2 Å². The minimum absolute atomic E-state index is 0.0373. The predicted molar refractivity (Wildman–Crippen MR) is 77.3 cm³/mol. The molecule has 0 saturated carbocycles. The lowest BCUT2D eigenvalue weighted by atomic mass is 10.0. The number of nitrogens with zero attached hydrogens (tertiary/aromatic N) is 2. The first kappa shape index (κ1) is 14.3. The Bertz CT molecular complexity index is 695. The molecule has 20 heavy (non-hydrogen) atoms. The van der Waals surface area contributed by atoms with Crippen molar-refractivity contribution < 1.29 is 4.92 Å². The summed E-state index contributed by atoms with van der Waals surface area (Å²) >= 11 is 1.38. The highest BCUT2D eigenvalue weighted by Crippen LogP contribution is 2.15. The Balaban J connectivity index is 2.30. The summed E-state index contributed by atoms with van der Waals surface area (Å²) in [7, 11) is 0. The van der Waals surface area contributed by atoms with Crippen molar-refractivity contribution in [1.29, 1.82) is 0 Å². The molecule has 0 aliphatic rings. The number of aromatic nitrogens is 2. The van der Waals surface area contributed by atoms with E-state index in [9.17, 15) is 14.9 Å². The van der Waals surface area contributed by atoms with Gasteiger partial charge in [0.2, 0.25) is 0 Å². The molecule has 0 saturated heterocycles. The maximum Gasteiger partial charge on any atom is 0.269 e. The molecule has 1 heterocycles. The number of aryl methyl sites for hydroxylation is 1. The second-order valence-corrected chi connectivity index (χ2v) is 5.03. The Hall–Kier alpha value is -2.15.